The van der Waals surface area contributed by atoms with Gasteiger partial charge in [0.05, 0.1) is 0 Å². The van der Waals surface area contributed by atoms with Gasteiger partial charge in [-0.1, -0.05) is 6.92 Å². The van der Waals surface area contributed by atoms with E-state index in [4.69, 9.17) is 0 Å². The molecule has 2 aliphatic heterocycles. The molecule has 3 fully saturated rings. The van der Waals surface area contributed by atoms with Gasteiger partial charge in [-0.15, -0.1) is 0 Å². The lowest BCUT2D eigenvalue weighted by Gasteiger charge is -2.37. The lowest BCUT2D eigenvalue weighted by atomic mass is 9.99. The van der Waals surface area contributed by atoms with Gasteiger partial charge >= 0.3 is 0 Å². The van der Waals surface area contributed by atoms with E-state index in [2.05, 4.69) is 22.0 Å². The summed E-state index contributed by atoms with van der Waals surface area (Å²) in [6, 6.07) is 2.57. The van der Waals surface area contributed by atoms with Crippen molar-refractivity contribution >= 4 is 0 Å². The predicted octanol–water partition coefficient (Wildman–Crippen LogP) is 1.69. The Bertz CT molecular complexity index is 248. The normalized spacial score (nSPS) is 29.8. The van der Waals surface area contributed by atoms with E-state index in [-0.39, 0.29) is 0 Å². The van der Waals surface area contributed by atoms with Crippen LogP contribution >= 0.6 is 0 Å². The topological polar surface area (TPSA) is 18.5 Å². The van der Waals surface area contributed by atoms with Crippen molar-refractivity contribution in [2.24, 2.45) is 0 Å². The summed E-state index contributed by atoms with van der Waals surface area (Å²) in [5, 5.41) is 3.93. The van der Waals surface area contributed by atoms with Crippen molar-refractivity contribution in [3.63, 3.8) is 0 Å². The van der Waals surface area contributed by atoms with Crippen LogP contribution in [0.15, 0.2) is 0 Å². The minimum Gasteiger partial charge on any atom is -0.311 e. The molecule has 0 spiro atoms. The van der Waals surface area contributed by atoms with Gasteiger partial charge in [0.1, 0.15) is 0 Å². The molecule has 0 aromatic heterocycles. The van der Waals surface area contributed by atoms with Gasteiger partial charge in [0.2, 0.25) is 0 Å². The molecule has 1 N–H and O–H groups in total. The van der Waals surface area contributed by atoms with Crippen LogP contribution in [0.1, 0.15) is 45.4 Å². The SMILES string of the molecule is CCN1CCC(NC2CCN(C3CC3)CC2)CC1. The van der Waals surface area contributed by atoms with Crippen LogP contribution in [-0.2, 0) is 0 Å². The van der Waals surface area contributed by atoms with Crippen LogP contribution in [0, 0.1) is 0 Å². The maximum atomic E-state index is 3.93. The highest BCUT2D eigenvalue weighted by molar-refractivity contribution is 4.90. The first kappa shape index (κ1) is 12.9. The summed E-state index contributed by atoms with van der Waals surface area (Å²) in [6.45, 7) is 8.80. The Labute approximate surface area is 112 Å². The molecular weight excluding hydrogens is 222 g/mol. The summed E-state index contributed by atoms with van der Waals surface area (Å²) in [7, 11) is 0. The van der Waals surface area contributed by atoms with Gasteiger partial charge in [0.25, 0.3) is 0 Å². The summed E-state index contributed by atoms with van der Waals surface area (Å²) in [5.41, 5.74) is 0. The smallest absolute Gasteiger partial charge is 0.00964 e. The molecule has 0 atom stereocenters. The van der Waals surface area contributed by atoms with Gasteiger partial charge in [-0.3, -0.25) is 0 Å². The molecule has 2 saturated heterocycles. The third-order valence-electron chi connectivity index (χ3n) is 5.10. The first-order chi connectivity index (χ1) is 8.85. The molecular formula is C15H29N3. The molecule has 0 unspecified atom stereocenters. The molecule has 3 aliphatic rings. The van der Waals surface area contributed by atoms with Crippen molar-refractivity contribution in [3.8, 4) is 0 Å². The van der Waals surface area contributed by atoms with Crippen LogP contribution in [-0.4, -0.2) is 60.6 Å². The van der Waals surface area contributed by atoms with Crippen molar-refractivity contribution < 1.29 is 0 Å². The molecule has 1 aliphatic carbocycles. The lowest BCUT2D eigenvalue weighted by molar-refractivity contribution is 0.158. The zero-order valence-corrected chi connectivity index (χ0v) is 11.9. The monoisotopic (exact) mass is 251 g/mol. The Morgan fingerprint density at radius 2 is 1.39 bits per heavy atom. The van der Waals surface area contributed by atoms with Crippen molar-refractivity contribution in [1.82, 2.24) is 15.1 Å². The van der Waals surface area contributed by atoms with Gasteiger partial charge in [-0.25, -0.2) is 0 Å². The lowest BCUT2D eigenvalue weighted by Crippen LogP contribution is -2.50. The Morgan fingerprint density at radius 3 is 1.89 bits per heavy atom. The molecule has 1 saturated carbocycles. The standard InChI is InChI=1S/C15H29N3/c1-2-17-9-5-13(6-10-17)16-14-7-11-18(12-8-14)15-3-4-15/h13-16H,2-12H2,1H3. The summed E-state index contributed by atoms with van der Waals surface area (Å²) in [4.78, 5) is 5.30. The van der Waals surface area contributed by atoms with E-state index < -0.39 is 0 Å². The van der Waals surface area contributed by atoms with Gasteiger partial charge in [-0.2, -0.15) is 0 Å². The van der Waals surface area contributed by atoms with E-state index in [1.807, 2.05) is 0 Å². The number of rotatable bonds is 4. The summed E-state index contributed by atoms with van der Waals surface area (Å²) < 4.78 is 0. The highest BCUT2D eigenvalue weighted by Crippen LogP contribution is 2.29. The molecule has 18 heavy (non-hydrogen) atoms. The van der Waals surface area contributed by atoms with E-state index in [0.717, 1.165) is 18.1 Å². The number of hydrogen-bond donors (Lipinski definition) is 1. The Balaban J connectivity index is 1.36. The molecule has 0 radical (unpaired) electrons. The van der Waals surface area contributed by atoms with Gasteiger partial charge in [-0.05, 0) is 71.2 Å². The van der Waals surface area contributed by atoms with Crippen LogP contribution in [0.2, 0.25) is 0 Å². The zero-order valence-electron chi connectivity index (χ0n) is 11.9. The van der Waals surface area contributed by atoms with Crippen molar-refractivity contribution in [3.05, 3.63) is 0 Å². The third kappa shape index (κ3) is 3.25. The van der Waals surface area contributed by atoms with Crippen LogP contribution in [0.4, 0.5) is 0 Å². The largest absolute Gasteiger partial charge is 0.311 e. The quantitative estimate of drug-likeness (QED) is 0.820. The number of likely N-dealkylation sites (tertiary alicyclic amines) is 2. The van der Waals surface area contributed by atoms with Crippen molar-refractivity contribution in [2.75, 3.05) is 32.7 Å². The number of nitrogens with one attached hydrogen (secondary N) is 1. The maximum absolute atomic E-state index is 3.93. The molecule has 0 aromatic rings. The van der Waals surface area contributed by atoms with Crippen molar-refractivity contribution in [2.45, 2.75) is 63.6 Å². The van der Waals surface area contributed by atoms with E-state index in [1.54, 1.807) is 0 Å². The first-order valence-corrected chi connectivity index (χ1v) is 8.07. The minimum atomic E-state index is 0.797. The van der Waals surface area contributed by atoms with E-state index in [9.17, 15) is 0 Å². The molecule has 0 amide bonds. The average molecular weight is 251 g/mol. The molecule has 0 bridgehead atoms. The minimum absolute atomic E-state index is 0.797. The first-order valence-electron chi connectivity index (χ1n) is 8.07. The Kier molecular flexibility index (Phi) is 4.22. The maximum Gasteiger partial charge on any atom is 0.00964 e. The number of nitrogens with zero attached hydrogens (tertiary/aromatic N) is 2. The Morgan fingerprint density at radius 1 is 0.833 bits per heavy atom. The second-order valence-corrected chi connectivity index (χ2v) is 6.42. The molecule has 3 heteroatoms. The molecule has 3 rings (SSSR count). The number of hydrogen-bond acceptors (Lipinski definition) is 3. The molecule has 104 valence electrons. The average Bonchev–Trinajstić information content (AvgIpc) is 3.25. The molecule has 2 heterocycles. The van der Waals surface area contributed by atoms with Crippen LogP contribution in [0.3, 0.4) is 0 Å². The van der Waals surface area contributed by atoms with Gasteiger partial charge < -0.3 is 15.1 Å². The number of piperidine rings is 2. The zero-order chi connectivity index (χ0) is 12.4. The predicted molar refractivity (Wildman–Crippen MR) is 75.9 cm³/mol. The van der Waals surface area contributed by atoms with Gasteiger partial charge in [0.15, 0.2) is 0 Å². The summed E-state index contributed by atoms with van der Waals surface area (Å²) >= 11 is 0. The van der Waals surface area contributed by atoms with E-state index in [1.165, 1.54) is 71.2 Å². The molecule has 3 nitrogen and oxygen atoms in total. The second-order valence-electron chi connectivity index (χ2n) is 6.42. The van der Waals surface area contributed by atoms with Crippen LogP contribution in [0.5, 0.6) is 0 Å². The fourth-order valence-electron chi connectivity index (χ4n) is 3.62. The highest BCUT2D eigenvalue weighted by Gasteiger charge is 2.32. The fraction of sp³-hybridized carbons (Fsp3) is 1.00. The fourth-order valence-corrected chi connectivity index (χ4v) is 3.62. The van der Waals surface area contributed by atoms with Gasteiger partial charge in [0, 0.05) is 18.1 Å². The molecule has 0 aromatic carbocycles. The van der Waals surface area contributed by atoms with E-state index >= 15 is 0 Å². The summed E-state index contributed by atoms with van der Waals surface area (Å²) in [6.07, 6.45) is 8.41. The second kappa shape index (κ2) is 5.89. The van der Waals surface area contributed by atoms with Crippen LogP contribution < -0.4 is 5.32 Å². The van der Waals surface area contributed by atoms with Crippen LogP contribution in [0.25, 0.3) is 0 Å². The van der Waals surface area contributed by atoms with E-state index in [0.29, 0.717) is 0 Å². The Hall–Kier alpha value is -0.120. The summed E-state index contributed by atoms with van der Waals surface area (Å²) in [5.74, 6) is 0. The third-order valence-corrected chi connectivity index (χ3v) is 5.10. The highest BCUT2D eigenvalue weighted by atomic mass is 15.2. The van der Waals surface area contributed by atoms with Crippen molar-refractivity contribution in [1.29, 1.82) is 0 Å².